The summed E-state index contributed by atoms with van der Waals surface area (Å²) in [5.74, 6) is 1.30. The number of hydrogen-bond donors (Lipinski definition) is 6. The molecule has 6 N–H and O–H groups in total. The van der Waals surface area contributed by atoms with Crippen LogP contribution >= 0.6 is 0 Å². The summed E-state index contributed by atoms with van der Waals surface area (Å²) in [4.78, 5) is 14.0. The Labute approximate surface area is 226 Å². The Kier molecular flexibility index (Phi) is 7.52. The number of hydrazine groups is 1. The van der Waals surface area contributed by atoms with Crippen LogP contribution in [0.3, 0.4) is 0 Å². The molecule has 3 heterocycles. The van der Waals surface area contributed by atoms with Crippen LogP contribution < -0.4 is 21.5 Å². The lowest BCUT2D eigenvalue weighted by molar-refractivity contribution is -0.243. The number of piperidine rings is 2. The third-order valence-corrected chi connectivity index (χ3v) is 7.67. The second kappa shape index (κ2) is 10.1. The van der Waals surface area contributed by atoms with Gasteiger partial charge in [0.05, 0.1) is 5.69 Å². The van der Waals surface area contributed by atoms with E-state index in [9.17, 15) is 10.4 Å². The van der Waals surface area contributed by atoms with Gasteiger partial charge in [-0.15, -0.1) is 0 Å². The number of nitrogens with zero attached hydrogens (tertiary/aromatic N) is 5. The van der Waals surface area contributed by atoms with Crippen LogP contribution in [0.2, 0.25) is 0 Å². The molecular formula is C27H45N9O2. The Morgan fingerprint density at radius 2 is 0.974 bits per heavy atom. The SMILES string of the molecule is CC1(C)CC(Nc2nc(NNc3ccccc3)nc(NC3CC(C)(C)N(O)C(C)(C)C3)n2)CC(C)(C)N1O. The van der Waals surface area contributed by atoms with E-state index in [2.05, 4.69) is 31.5 Å². The van der Waals surface area contributed by atoms with E-state index in [1.807, 2.05) is 85.7 Å². The summed E-state index contributed by atoms with van der Waals surface area (Å²) in [5, 5.41) is 31.4. The predicted molar refractivity (Wildman–Crippen MR) is 150 cm³/mol. The molecule has 0 saturated carbocycles. The second-order valence-corrected chi connectivity index (χ2v) is 13.3. The third kappa shape index (κ3) is 6.28. The zero-order chi connectivity index (χ0) is 27.9. The van der Waals surface area contributed by atoms with Crippen molar-refractivity contribution in [2.45, 2.75) is 115 Å². The van der Waals surface area contributed by atoms with Crippen molar-refractivity contribution in [2.24, 2.45) is 0 Å². The van der Waals surface area contributed by atoms with E-state index in [1.165, 1.54) is 10.1 Å². The highest BCUT2D eigenvalue weighted by molar-refractivity contribution is 5.50. The molecule has 0 radical (unpaired) electrons. The van der Waals surface area contributed by atoms with Crippen LogP contribution in [-0.2, 0) is 0 Å². The van der Waals surface area contributed by atoms with Gasteiger partial charge >= 0.3 is 0 Å². The molecular weight excluding hydrogens is 482 g/mol. The fourth-order valence-electron chi connectivity index (χ4n) is 6.32. The van der Waals surface area contributed by atoms with Crippen LogP contribution in [0.5, 0.6) is 0 Å². The summed E-state index contributed by atoms with van der Waals surface area (Å²) in [6.45, 7) is 16.3. The molecule has 0 bridgehead atoms. The zero-order valence-electron chi connectivity index (χ0n) is 24.0. The van der Waals surface area contributed by atoms with E-state index in [4.69, 9.17) is 4.98 Å². The van der Waals surface area contributed by atoms with E-state index >= 15 is 0 Å². The molecule has 2 aromatic rings. The quantitative estimate of drug-likeness (QED) is 0.273. The molecule has 0 atom stereocenters. The van der Waals surface area contributed by atoms with Gasteiger partial charge < -0.3 is 21.0 Å². The minimum Gasteiger partial charge on any atom is -0.351 e. The molecule has 1 aromatic heterocycles. The van der Waals surface area contributed by atoms with Crippen molar-refractivity contribution in [3.05, 3.63) is 30.3 Å². The third-order valence-electron chi connectivity index (χ3n) is 7.67. The maximum absolute atomic E-state index is 10.7. The van der Waals surface area contributed by atoms with Crippen LogP contribution in [0, 0.1) is 0 Å². The van der Waals surface area contributed by atoms with E-state index in [1.54, 1.807) is 0 Å². The van der Waals surface area contributed by atoms with Crippen molar-refractivity contribution in [3.63, 3.8) is 0 Å². The van der Waals surface area contributed by atoms with Crippen LogP contribution in [0.25, 0.3) is 0 Å². The molecule has 4 rings (SSSR count). The molecule has 2 aliphatic heterocycles. The summed E-state index contributed by atoms with van der Waals surface area (Å²) < 4.78 is 0. The number of benzene rings is 1. The number of anilines is 4. The van der Waals surface area contributed by atoms with Gasteiger partial charge in [0.15, 0.2) is 0 Å². The summed E-state index contributed by atoms with van der Waals surface area (Å²) in [5.41, 5.74) is 5.52. The zero-order valence-corrected chi connectivity index (χ0v) is 24.0. The first kappa shape index (κ1) is 28.3. The fourth-order valence-corrected chi connectivity index (χ4v) is 6.32. The Morgan fingerprint density at radius 1 is 0.605 bits per heavy atom. The van der Waals surface area contributed by atoms with Gasteiger partial charge in [-0.05, 0) is 93.2 Å². The molecule has 2 aliphatic rings. The molecule has 2 fully saturated rings. The number of aromatic nitrogens is 3. The second-order valence-electron chi connectivity index (χ2n) is 13.3. The number of nitrogens with one attached hydrogen (secondary N) is 4. The lowest BCUT2D eigenvalue weighted by Gasteiger charge is -2.51. The van der Waals surface area contributed by atoms with Crippen LogP contribution in [-0.4, -0.2) is 69.7 Å². The standard InChI is InChI=1S/C27H45N9O2/c1-24(2)14-19(15-25(3,4)35(24)37)28-21-30-22(29-20-16-26(5,6)36(38)27(7,8)17-20)32-23(31-21)34-33-18-12-10-9-11-13-18/h9-13,19-20,33,37-38H,14-17H2,1-8H3,(H3,28,29,30,31,32,34). The Balaban J connectivity index is 1.58. The summed E-state index contributed by atoms with van der Waals surface area (Å²) in [6.07, 6.45) is 2.90. The van der Waals surface area contributed by atoms with Gasteiger partial charge in [0.1, 0.15) is 0 Å². The maximum atomic E-state index is 10.7. The fraction of sp³-hybridized carbons (Fsp3) is 0.667. The lowest BCUT2D eigenvalue weighted by Crippen LogP contribution is -2.61. The van der Waals surface area contributed by atoms with Gasteiger partial charge in [-0.2, -0.15) is 25.1 Å². The van der Waals surface area contributed by atoms with Gasteiger partial charge in [-0.1, -0.05) is 18.2 Å². The Hall–Kier alpha value is -2.73. The van der Waals surface area contributed by atoms with Crippen LogP contribution in [0.1, 0.15) is 81.1 Å². The highest BCUT2D eigenvalue weighted by atomic mass is 16.5. The average Bonchev–Trinajstić information content (AvgIpc) is 2.79. The highest BCUT2D eigenvalue weighted by Gasteiger charge is 2.46. The van der Waals surface area contributed by atoms with Crippen molar-refractivity contribution in [1.82, 2.24) is 25.1 Å². The molecule has 0 unspecified atom stereocenters. The van der Waals surface area contributed by atoms with Gasteiger partial charge in [0, 0.05) is 34.2 Å². The van der Waals surface area contributed by atoms with E-state index in [-0.39, 0.29) is 12.1 Å². The van der Waals surface area contributed by atoms with Crippen molar-refractivity contribution in [2.75, 3.05) is 21.5 Å². The molecule has 11 nitrogen and oxygen atoms in total. The largest absolute Gasteiger partial charge is 0.351 e. The minimum absolute atomic E-state index is 0.0593. The first-order valence-corrected chi connectivity index (χ1v) is 13.4. The summed E-state index contributed by atoms with van der Waals surface area (Å²) in [6, 6.07) is 9.88. The van der Waals surface area contributed by atoms with Crippen LogP contribution in [0.15, 0.2) is 30.3 Å². The van der Waals surface area contributed by atoms with Gasteiger partial charge in [0.2, 0.25) is 17.8 Å². The number of hydrogen-bond acceptors (Lipinski definition) is 11. The maximum Gasteiger partial charge on any atom is 0.248 e. The van der Waals surface area contributed by atoms with Gasteiger partial charge in [-0.3, -0.25) is 10.9 Å². The van der Waals surface area contributed by atoms with E-state index < -0.39 is 22.2 Å². The molecule has 2 saturated heterocycles. The van der Waals surface area contributed by atoms with E-state index in [0.717, 1.165) is 31.4 Å². The Morgan fingerprint density at radius 3 is 1.37 bits per heavy atom. The lowest BCUT2D eigenvalue weighted by atomic mass is 9.79. The molecule has 210 valence electrons. The van der Waals surface area contributed by atoms with Crippen molar-refractivity contribution >= 4 is 23.5 Å². The summed E-state index contributed by atoms with van der Waals surface area (Å²) in [7, 11) is 0. The Bertz CT molecular complexity index is 1010. The molecule has 0 aliphatic carbocycles. The minimum atomic E-state index is -0.404. The number of hydroxylamine groups is 4. The van der Waals surface area contributed by atoms with Gasteiger partial charge in [0.25, 0.3) is 0 Å². The smallest absolute Gasteiger partial charge is 0.248 e. The van der Waals surface area contributed by atoms with Crippen molar-refractivity contribution in [1.29, 1.82) is 0 Å². The monoisotopic (exact) mass is 527 g/mol. The molecule has 1 aromatic carbocycles. The molecule has 0 amide bonds. The predicted octanol–water partition coefficient (Wildman–Crippen LogP) is 4.96. The highest BCUT2D eigenvalue weighted by Crippen LogP contribution is 2.39. The normalized spacial score (nSPS) is 23.5. The number of para-hydroxylation sites is 1. The van der Waals surface area contributed by atoms with Gasteiger partial charge in [-0.25, -0.2) is 0 Å². The topological polar surface area (TPSA) is 134 Å². The molecule has 38 heavy (non-hydrogen) atoms. The first-order chi connectivity index (χ1) is 17.6. The van der Waals surface area contributed by atoms with Crippen molar-refractivity contribution in [3.8, 4) is 0 Å². The first-order valence-electron chi connectivity index (χ1n) is 13.4. The summed E-state index contributed by atoms with van der Waals surface area (Å²) >= 11 is 0. The van der Waals surface area contributed by atoms with Crippen LogP contribution in [0.4, 0.5) is 23.5 Å². The molecule has 0 spiro atoms. The number of rotatable bonds is 7. The molecule has 11 heteroatoms. The average molecular weight is 528 g/mol. The van der Waals surface area contributed by atoms with E-state index in [0.29, 0.717) is 17.8 Å². The van der Waals surface area contributed by atoms with Crippen molar-refractivity contribution < 1.29 is 10.4 Å².